The minimum atomic E-state index is -0.772. The van der Waals surface area contributed by atoms with Gasteiger partial charge in [0.05, 0.1) is 91.8 Å². The van der Waals surface area contributed by atoms with Crippen LogP contribution in [0, 0.1) is 10.1 Å². The molecule has 3 aromatic heterocycles. The van der Waals surface area contributed by atoms with Gasteiger partial charge in [0.2, 0.25) is 0 Å². The minimum absolute atomic E-state index is 0.000116. The number of hydrogen-bond acceptors (Lipinski definition) is 16. The van der Waals surface area contributed by atoms with E-state index in [0.717, 1.165) is 17.2 Å². The molecule has 6 rings (SSSR count). The number of anilines is 2. The zero-order chi connectivity index (χ0) is 49.1. The molecular weight excluding hydrogens is 901 g/mol. The minimum Gasteiger partial charge on any atom is -0.497 e. The highest BCUT2D eigenvalue weighted by molar-refractivity contribution is 6.06. The number of nitrogens with zero attached hydrogens (tertiary/aromatic N) is 7. The van der Waals surface area contributed by atoms with Gasteiger partial charge in [0.15, 0.2) is 17.3 Å². The summed E-state index contributed by atoms with van der Waals surface area (Å²) in [6.07, 6.45) is 0. The lowest BCUT2D eigenvalue weighted by Crippen LogP contribution is -2.29. The summed E-state index contributed by atoms with van der Waals surface area (Å²) < 4.78 is 40.9. The van der Waals surface area contributed by atoms with E-state index in [9.17, 15) is 29.3 Å². The summed E-state index contributed by atoms with van der Waals surface area (Å²) in [5, 5.41) is 33.1. The van der Waals surface area contributed by atoms with Gasteiger partial charge in [-0.05, 0) is 64.9 Å². The normalized spacial score (nSPS) is 10.9. The van der Waals surface area contributed by atoms with Gasteiger partial charge in [0, 0.05) is 18.7 Å². The lowest BCUT2D eigenvalue weighted by molar-refractivity contribution is -0.389. The molecule has 0 spiro atoms. The van der Waals surface area contributed by atoms with Crippen LogP contribution in [0.25, 0.3) is 0 Å². The highest BCUT2D eigenvalue weighted by atomic mass is 16.6. The Hall–Kier alpha value is -8.15. The molecule has 0 aliphatic rings. The van der Waals surface area contributed by atoms with Crippen LogP contribution in [0.1, 0.15) is 55.1 Å². The second-order valence-electron chi connectivity index (χ2n) is 14.7. The molecule has 0 radical (unpaired) electrons. The van der Waals surface area contributed by atoms with E-state index in [4.69, 9.17) is 33.2 Å². The molecule has 6 aromatic rings. The molecule has 69 heavy (non-hydrogen) atoms. The number of carbonyl (C=O) groups excluding carboxylic acids is 4. The van der Waals surface area contributed by atoms with Crippen molar-refractivity contribution in [2.24, 2.45) is 0 Å². The van der Waals surface area contributed by atoms with Crippen molar-refractivity contribution >= 4 is 41.1 Å². The van der Waals surface area contributed by atoms with E-state index in [0.29, 0.717) is 22.8 Å². The molecule has 0 atom stereocenters. The van der Waals surface area contributed by atoms with Gasteiger partial charge in [-0.3, -0.25) is 23.7 Å². The summed E-state index contributed by atoms with van der Waals surface area (Å²) in [6.45, 7) is 3.39. The maximum absolute atomic E-state index is 14.2. The van der Waals surface area contributed by atoms with E-state index < -0.39 is 34.4 Å². The van der Waals surface area contributed by atoms with Crippen LogP contribution in [0.4, 0.5) is 17.5 Å². The highest BCUT2D eigenvalue weighted by Crippen LogP contribution is 2.22. The molecule has 23 nitrogen and oxygen atoms in total. The van der Waals surface area contributed by atoms with Gasteiger partial charge >= 0.3 is 11.8 Å². The molecule has 0 aliphatic heterocycles. The topological polar surface area (TPSA) is 266 Å². The Labute approximate surface area is 395 Å². The lowest BCUT2D eigenvalue weighted by Gasteiger charge is -2.10. The Balaban J connectivity index is 1.17. The van der Waals surface area contributed by atoms with Crippen LogP contribution in [0.3, 0.4) is 0 Å². The van der Waals surface area contributed by atoms with Crippen molar-refractivity contribution in [3.05, 3.63) is 135 Å². The van der Waals surface area contributed by atoms with Crippen molar-refractivity contribution in [2.45, 2.75) is 26.6 Å². The molecule has 3 N–H and O–H groups in total. The molecule has 0 fully saturated rings. The number of esters is 1. The molecular formula is C46H52N10O13. The van der Waals surface area contributed by atoms with Gasteiger partial charge in [-0.2, -0.15) is 14.9 Å². The summed E-state index contributed by atoms with van der Waals surface area (Å²) in [5.41, 5.74) is 2.21. The summed E-state index contributed by atoms with van der Waals surface area (Å²) >= 11 is 0. The number of amides is 3. The fraction of sp³-hybridized carbons (Fsp3) is 0.326. The van der Waals surface area contributed by atoms with Crippen LogP contribution < -0.4 is 30.2 Å². The van der Waals surface area contributed by atoms with E-state index in [-0.39, 0.29) is 101 Å². The van der Waals surface area contributed by atoms with Gasteiger partial charge in [0.1, 0.15) is 35.2 Å². The number of ether oxygens (including phenoxy) is 7. The Kier molecular flexibility index (Phi) is 18.3. The second kappa shape index (κ2) is 25.1. The Bertz CT molecular complexity index is 2660. The molecule has 0 saturated heterocycles. The number of carbonyl (C=O) groups is 4. The van der Waals surface area contributed by atoms with Gasteiger partial charge in [-0.15, -0.1) is 0 Å². The first-order valence-electron chi connectivity index (χ1n) is 21.5. The standard InChI is InChI=1S/C46H52N10O13/c1-5-69-43(57)30-68-23-22-67-21-20-66-19-18-47-44(58)37-24-40(50-53(37)27-31-6-12-34(63-2)13-7-31)48-45(59)38-25-41(51-54(38)28-32-8-14-35(64-3)15-9-32)49-46(60)39-26-42(56(61)62)52-55(39)29-33-10-16-36(65-4)17-11-33/h6-17,24-26H,5,18-23,27-30H2,1-4H3,(H,47,58)(H,48,50,59)(H,49,51,60). The highest BCUT2D eigenvalue weighted by Gasteiger charge is 2.26. The lowest BCUT2D eigenvalue weighted by atomic mass is 10.2. The van der Waals surface area contributed by atoms with Crippen LogP contribution in [-0.2, 0) is 43.4 Å². The van der Waals surface area contributed by atoms with Crippen molar-refractivity contribution in [1.82, 2.24) is 34.7 Å². The Morgan fingerprint density at radius 2 is 0.971 bits per heavy atom. The number of nitrogens with one attached hydrogen (secondary N) is 3. The third-order valence-electron chi connectivity index (χ3n) is 9.97. The number of aromatic nitrogens is 6. The van der Waals surface area contributed by atoms with Crippen molar-refractivity contribution in [3.63, 3.8) is 0 Å². The maximum Gasteiger partial charge on any atom is 0.390 e. The van der Waals surface area contributed by atoms with E-state index in [1.807, 2.05) is 12.1 Å². The van der Waals surface area contributed by atoms with Crippen molar-refractivity contribution < 1.29 is 57.3 Å². The summed E-state index contributed by atoms with van der Waals surface area (Å²) in [6, 6.07) is 25.0. The van der Waals surface area contributed by atoms with Crippen LogP contribution >= 0.6 is 0 Å². The molecule has 364 valence electrons. The predicted molar refractivity (Wildman–Crippen MR) is 247 cm³/mol. The molecule has 3 aromatic carbocycles. The number of hydrogen-bond donors (Lipinski definition) is 3. The molecule has 3 heterocycles. The fourth-order valence-corrected chi connectivity index (χ4v) is 6.56. The molecule has 23 heteroatoms. The van der Waals surface area contributed by atoms with E-state index in [1.54, 1.807) is 74.7 Å². The monoisotopic (exact) mass is 952 g/mol. The van der Waals surface area contributed by atoms with Crippen LogP contribution in [0.5, 0.6) is 17.2 Å². The van der Waals surface area contributed by atoms with Crippen LogP contribution in [0.15, 0.2) is 91.0 Å². The molecule has 0 bridgehead atoms. The Morgan fingerprint density at radius 3 is 1.41 bits per heavy atom. The average Bonchev–Trinajstić information content (AvgIpc) is 4.08. The SMILES string of the molecule is CCOC(=O)COCCOCCOCCNC(=O)c1cc(NC(=O)c2cc(NC(=O)c3cc([N+](=O)[O-])nn3Cc3ccc(OC)cc3)nn2Cc2ccc(OC)cc2)nn1Cc1ccc(OC)cc1. The number of nitro groups is 1. The molecule has 0 aliphatic carbocycles. The summed E-state index contributed by atoms with van der Waals surface area (Å²) in [4.78, 5) is 64.0. The number of rotatable bonds is 27. The number of benzene rings is 3. The zero-order valence-electron chi connectivity index (χ0n) is 38.4. The fourth-order valence-electron chi connectivity index (χ4n) is 6.56. The third kappa shape index (κ3) is 14.7. The van der Waals surface area contributed by atoms with E-state index in [1.165, 1.54) is 40.4 Å². The summed E-state index contributed by atoms with van der Waals surface area (Å²) in [7, 11) is 4.62. The third-order valence-corrected chi connectivity index (χ3v) is 9.97. The predicted octanol–water partition coefficient (Wildman–Crippen LogP) is 4.20. The maximum atomic E-state index is 14.2. The van der Waals surface area contributed by atoms with Crippen LogP contribution in [-0.4, -0.2) is 132 Å². The molecule has 0 saturated carbocycles. The largest absolute Gasteiger partial charge is 0.497 e. The van der Waals surface area contributed by atoms with E-state index in [2.05, 4.69) is 31.2 Å². The Morgan fingerprint density at radius 1 is 0.565 bits per heavy atom. The summed E-state index contributed by atoms with van der Waals surface area (Å²) in [5.74, 6) is -1.08. The van der Waals surface area contributed by atoms with Gasteiger partial charge in [-0.1, -0.05) is 36.4 Å². The molecule has 0 unspecified atom stereocenters. The number of methoxy groups -OCH3 is 3. The quantitative estimate of drug-likeness (QED) is 0.0283. The first-order chi connectivity index (χ1) is 33.5. The second-order valence-corrected chi connectivity index (χ2v) is 14.7. The van der Waals surface area contributed by atoms with Crippen molar-refractivity contribution in [2.75, 3.05) is 84.8 Å². The average molecular weight is 953 g/mol. The first kappa shape index (κ1) is 50.3. The smallest absolute Gasteiger partial charge is 0.390 e. The van der Waals surface area contributed by atoms with Gasteiger partial charge in [0.25, 0.3) is 17.7 Å². The zero-order valence-corrected chi connectivity index (χ0v) is 38.4. The van der Waals surface area contributed by atoms with Crippen LogP contribution in [0.2, 0.25) is 0 Å². The van der Waals surface area contributed by atoms with Gasteiger partial charge in [-0.25, -0.2) is 4.79 Å². The first-order valence-corrected chi connectivity index (χ1v) is 21.5. The van der Waals surface area contributed by atoms with Gasteiger partial charge < -0.3 is 59.2 Å². The van der Waals surface area contributed by atoms with Crippen molar-refractivity contribution in [3.8, 4) is 17.2 Å². The van der Waals surface area contributed by atoms with E-state index >= 15 is 0 Å². The van der Waals surface area contributed by atoms with Crippen molar-refractivity contribution in [1.29, 1.82) is 0 Å². The molecule has 3 amide bonds.